The number of Topliss-reactive ketones (excluding diaryl/α,β-unsaturated/α-hetero) is 1. The highest BCUT2D eigenvalue weighted by atomic mass is 79.9. The highest BCUT2D eigenvalue weighted by Crippen LogP contribution is 2.24. The van der Waals surface area contributed by atoms with E-state index in [1.165, 1.54) is 11.3 Å². The fraction of sp³-hybridized carbons (Fsp3) is 0.250. The van der Waals surface area contributed by atoms with Gasteiger partial charge in [-0.15, -0.1) is 11.3 Å². The lowest BCUT2D eigenvalue weighted by molar-refractivity contribution is -0.119. The number of amides is 1. The van der Waals surface area contributed by atoms with Gasteiger partial charge in [0, 0.05) is 10.9 Å². The first-order chi connectivity index (χ1) is 6.52. The molecule has 0 fully saturated rings. The van der Waals surface area contributed by atoms with Gasteiger partial charge in [0.25, 0.3) is 0 Å². The van der Waals surface area contributed by atoms with Crippen LogP contribution >= 0.6 is 27.3 Å². The Hall–Kier alpha value is -0.720. The molecule has 1 atom stereocenters. The van der Waals surface area contributed by atoms with E-state index in [0.29, 0.717) is 4.88 Å². The van der Waals surface area contributed by atoms with E-state index in [2.05, 4.69) is 15.9 Å². The molecule has 0 aliphatic heterocycles. The number of nitrogens with two attached hydrogens (primary N) is 2. The molecule has 0 aliphatic rings. The Labute approximate surface area is 93.4 Å². The van der Waals surface area contributed by atoms with Crippen LogP contribution in [0.25, 0.3) is 0 Å². The van der Waals surface area contributed by atoms with E-state index in [4.69, 9.17) is 11.5 Å². The van der Waals surface area contributed by atoms with Gasteiger partial charge in [-0.3, -0.25) is 9.59 Å². The summed E-state index contributed by atoms with van der Waals surface area (Å²) >= 11 is 4.53. The van der Waals surface area contributed by atoms with Gasteiger partial charge < -0.3 is 11.5 Å². The fourth-order valence-electron chi connectivity index (χ4n) is 0.886. The Morgan fingerprint density at radius 1 is 1.57 bits per heavy atom. The lowest BCUT2D eigenvalue weighted by atomic mass is 10.1. The van der Waals surface area contributed by atoms with Gasteiger partial charge in [0.1, 0.15) is 0 Å². The molecule has 1 heterocycles. The van der Waals surface area contributed by atoms with Crippen molar-refractivity contribution in [3.05, 3.63) is 20.8 Å². The van der Waals surface area contributed by atoms with Crippen molar-refractivity contribution in [2.75, 3.05) is 0 Å². The van der Waals surface area contributed by atoms with Crippen LogP contribution in [-0.4, -0.2) is 17.7 Å². The van der Waals surface area contributed by atoms with Crippen LogP contribution in [-0.2, 0) is 4.79 Å². The Morgan fingerprint density at radius 3 is 2.64 bits per heavy atom. The minimum atomic E-state index is -0.906. The molecule has 6 heteroatoms. The van der Waals surface area contributed by atoms with Gasteiger partial charge in [-0.05, 0) is 27.4 Å². The number of hydrogen-bond acceptors (Lipinski definition) is 4. The monoisotopic (exact) mass is 276 g/mol. The molecule has 1 rings (SSSR count). The second kappa shape index (κ2) is 4.68. The number of halogens is 1. The Morgan fingerprint density at radius 2 is 2.21 bits per heavy atom. The molecule has 1 aromatic heterocycles. The molecule has 1 aromatic rings. The molecule has 0 radical (unpaired) electrons. The highest BCUT2D eigenvalue weighted by Gasteiger charge is 2.18. The molecule has 0 bridgehead atoms. The van der Waals surface area contributed by atoms with Crippen LogP contribution in [0, 0.1) is 0 Å². The minimum Gasteiger partial charge on any atom is -0.368 e. The number of hydrogen-bond donors (Lipinski definition) is 2. The maximum Gasteiger partial charge on any atom is 0.234 e. The summed E-state index contributed by atoms with van der Waals surface area (Å²) < 4.78 is 0.726. The van der Waals surface area contributed by atoms with Crippen molar-refractivity contribution >= 4 is 39.0 Å². The normalized spacial score (nSPS) is 12.4. The zero-order valence-corrected chi connectivity index (χ0v) is 9.60. The third-order valence-corrected chi connectivity index (χ3v) is 3.52. The maximum absolute atomic E-state index is 11.5. The SMILES string of the molecule is NC(=O)C(N)CC(=O)c1sccc1Br. The highest BCUT2D eigenvalue weighted by molar-refractivity contribution is 9.10. The molecule has 14 heavy (non-hydrogen) atoms. The number of primary amides is 1. The number of ketones is 1. The summed E-state index contributed by atoms with van der Waals surface area (Å²) in [5.74, 6) is -0.829. The van der Waals surface area contributed by atoms with Crippen LogP contribution < -0.4 is 11.5 Å². The first-order valence-corrected chi connectivity index (χ1v) is 5.50. The quantitative estimate of drug-likeness (QED) is 0.801. The van der Waals surface area contributed by atoms with E-state index in [1.54, 1.807) is 11.4 Å². The van der Waals surface area contributed by atoms with Crippen molar-refractivity contribution in [2.24, 2.45) is 11.5 Å². The Bertz CT molecular complexity index is 364. The predicted molar refractivity (Wildman–Crippen MR) is 58.1 cm³/mol. The Kier molecular flexibility index (Phi) is 3.79. The molecule has 4 nitrogen and oxygen atoms in total. The molecule has 0 spiro atoms. The van der Waals surface area contributed by atoms with Crippen LogP contribution in [0.1, 0.15) is 16.1 Å². The fourth-order valence-corrected chi connectivity index (χ4v) is 2.43. The van der Waals surface area contributed by atoms with E-state index in [9.17, 15) is 9.59 Å². The van der Waals surface area contributed by atoms with Gasteiger partial charge in [-0.25, -0.2) is 0 Å². The summed E-state index contributed by atoms with van der Waals surface area (Å²) in [4.78, 5) is 22.7. The van der Waals surface area contributed by atoms with Crippen LogP contribution in [0.5, 0.6) is 0 Å². The Balaban J connectivity index is 2.69. The van der Waals surface area contributed by atoms with Gasteiger partial charge in [0.15, 0.2) is 5.78 Å². The first kappa shape index (κ1) is 11.4. The average molecular weight is 277 g/mol. The van der Waals surface area contributed by atoms with E-state index in [0.717, 1.165) is 4.47 Å². The van der Waals surface area contributed by atoms with Crippen molar-refractivity contribution in [1.29, 1.82) is 0 Å². The van der Waals surface area contributed by atoms with Gasteiger partial charge in [0.2, 0.25) is 5.91 Å². The molecular formula is C8H9BrN2O2S. The molecule has 0 saturated heterocycles. The standard InChI is InChI=1S/C8H9BrN2O2S/c9-4-1-2-14-7(4)6(12)3-5(10)8(11)13/h1-2,5H,3,10H2,(H2,11,13). The van der Waals surface area contributed by atoms with E-state index in [1.807, 2.05) is 0 Å². The van der Waals surface area contributed by atoms with Crippen molar-refractivity contribution in [3.63, 3.8) is 0 Å². The summed E-state index contributed by atoms with van der Waals surface area (Å²) in [6.45, 7) is 0. The van der Waals surface area contributed by atoms with Crippen LogP contribution in [0.3, 0.4) is 0 Å². The number of carbonyl (C=O) groups is 2. The van der Waals surface area contributed by atoms with Gasteiger partial charge >= 0.3 is 0 Å². The van der Waals surface area contributed by atoms with Gasteiger partial charge in [0.05, 0.1) is 10.9 Å². The molecule has 1 unspecified atom stereocenters. The average Bonchev–Trinajstić information content (AvgIpc) is 2.51. The summed E-state index contributed by atoms with van der Waals surface area (Å²) in [5, 5.41) is 1.78. The molecule has 0 aliphatic carbocycles. The van der Waals surface area contributed by atoms with Crippen LogP contribution in [0.15, 0.2) is 15.9 Å². The third-order valence-electron chi connectivity index (χ3n) is 1.64. The summed E-state index contributed by atoms with van der Waals surface area (Å²) in [6, 6.07) is 0.866. The largest absolute Gasteiger partial charge is 0.368 e. The predicted octanol–water partition coefficient (Wildman–Crippen LogP) is 0.896. The number of rotatable bonds is 4. The molecular weight excluding hydrogens is 268 g/mol. The number of thiophene rings is 1. The van der Waals surface area contributed by atoms with Crippen molar-refractivity contribution < 1.29 is 9.59 Å². The van der Waals surface area contributed by atoms with Gasteiger partial charge in [-0.1, -0.05) is 0 Å². The molecule has 0 saturated carbocycles. The zero-order valence-electron chi connectivity index (χ0n) is 7.20. The summed E-state index contributed by atoms with van der Waals surface area (Å²) in [7, 11) is 0. The van der Waals surface area contributed by atoms with E-state index < -0.39 is 11.9 Å². The second-order valence-electron chi connectivity index (χ2n) is 2.73. The van der Waals surface area contributed by atoms with Crippen molar-refractivity contribution in [1.82, 2.24) is 0 Å². The van der Waals surface area contributed by atoms with Crippen molar-refractivity contribution in [3.8, 4) is 0 Å². The zero-order chi connectivity index (χ0) is 10.7. The molecule has 0 aromatic carbocycles. The minimum absolute atomic E-state index is 0.0472. The summed E-state index contributed by atoms with van der Waals surface area (Å²) in [6.07, 6.45) is -0.0472. The number of carbonyl (C=O) groups excluding carboxylic acids is 2. The maximum atomic E-state index is 11.5. The van der Waals surface area contributed by atoms with E-state index in [-0.39, 0.29) is 12.2 Å². The first-order valence-electron chi connectivity index (χ1n) is 3.83. The molecule has 4 N–H and O–H groups in total. The lowest BCUT2D eigenvalue weighted by Crippen LogP contribution is -2.38. The summed E-state index contributed by atoms with van der Waals surface area (Å²) in [5.41, 5.74) is 10.3. The lowest BCUT2D eigenvalue weighted by Gasteiger charge is -2.04. The van der Waals surface area contributed by atoms with E-state index >= 15 is 0 Å². The topological polar surface area (TPSA) is 86.2 Å². The smallest absolute Gasteiger partial charge is 0.234 e. The van der Waals surface area contributed by atoms with Crippen LogP contribution in [0.4, 0.5) is 0 Å². The second-order valence-corrected chi connectivity index (χ2v) is 4.50. The molecule has 1 amide bonds. The van der Waals surface area contributed by atoms with Crippen LogP contribution in [0.2, 0.25) is 0 Å². The van der Waals surface area contributed by atoms with Crippen molar-refractivity contribution in [2.45, 2.75) is 12.5 Å². The third kappa shape index (κ3) is 2.63. The van der Waals surface area contributed by atoms with Gasteiger partial charge in [-0.2, -0.15) is 0 Å². The molecule has 76 valence electrons.